The number of benzene rings is 2. The number of carbonyl (C=O) groups excluding carboxylic acids is 1. The third-order valence-electron chi connectivity index (χ3n) is 4.09. The van der Waals surface area contributed by atoms with Gasteiger partial charge in [0.1, 0.15) is 5.75 Å². The number of hydrazine groups is 1. The maximum Gasteiger partial charge on any atom is 0.269 e. The number of hydrogen-bond donors (Lipinski definition) is 2. The predicted octanol–water partition coefficient (Wildman–Crippen LogP) is 1.77. The van der Waals surface area contributed by atoms with Crippen LogP contribution in [0.2, 0.25) is 0 Å². The van der Waals surface area contributed by atoms with Gasteiger partial charge in [0, 0.05) is 49.6 Å². The number of phenolic OH excluding ortho intramolecular Hbond substituents is 1. The molecule has 2 N–H and O–H groups in total. The third-order valence-corrected chi connectivity index (χ3v) is 4.09. The minimum Gasteiger partial charge on any atom is -0.508 e. The number of piperazine rings is 1. The molecule has 2 aromatic carbocycles. The molecule has 0 aliphatic carbocycles. The van der Waals surface area contributed by atoms with Gasteiger partial charge in [-0.25, -0.2) is 5.01 Å². The van der Waals surface area contributed by atoms with E-state index in [2.05, 4.69) is 10.3 Å². The summed E-state index contributed by atoms with van der Waals surface area (Å²) in [5, 5.41) is 21.8. The summed E-state index contributed by atoms with van der Waals surface area (Å²) in [5.41, 5.74) is 4.19. The van der Waals surface area contributed by atoms with E-state index in [0.717, 1.165) is 18.8 Å². The Bertz CT molecular complexity index is 753. The summed E-state index contributed by atoms with van der Waals surface area (Å²) in [7, 11) is 0. The van der Waals surface area contributed by atoms with E-state index in [1.54, 1.807) is 12.1 Å². The van der Waals surface area contributed by atoms with Crippen molar-refractivity contribution in [2.24, 2.45) is 0 Å². The molecule has 1 fully saturated rings. The average molecular weight is 342 g/mol. The van der Waals surface area contributed by atoms with Crippen LogP contribution in [0.1, 0.15) is 10.4 Å². The van der Waals surface area contributed by atoms with Gasteiger partial charge in [0.2, 0.25) is 0 Å². The maximum absolute atomic E-state index is 12.2. The lowest BCUT2D eigenvalue weighted by atomic mass is 10.2. The molecule has 0 unspecified atom stereocenters. The molecule has 0 saturated carbocycles. The van der Waals surface area contributed by atoms with Crippen molar-refractivity contribution in [3.8, 4) is 5.75 Å². The number of nitro benzene ring substituents is 1. The van der Waals surface area contributed by atoms with Gasteiger partial charge in [-0.3, -0.25) is 20.3 Å². The highest BCUT2D eigenvalue weighted by molar-refractivity contribution is 5.94. The van der Waals surface area contributed by atoms with Crippen molar-refractivity contribution in [1.82, 2.24) is 10.4 Å². The molecule has 3 rings (SSSR count). The second-order valence-corrected chi connectivity index (χ2v) is 5.74. The fourth-order valence-corrected chi connectivity index (χ4v) is 2.68. The van der Waals surface area contributed by atoms with Crippen molar-refractivity contribution in [2.45, 2.75) is 0 Å². The summed E-state index contributed by atoms with van der Waals surface area (Å²) in [6, 6.07) is 12.5. The van der Waals surface area contributed by atoms with Crippen molar-refractivity contribution in [1.29, 1.82) is 0 Å². The minimum atomic E-state index is -0.496. The first kappa shape index (κ1) is 16.7. The van der Waals surface area contributed by atoms with Gasteiger partial charge < -0.3 is 10.0 Å². The van der Waals surface area contributed by atoms with Crippen LogP contribution in [0, 0.1) is 10.1 Å². The Labute approximate surface area is 144 Å². The smallest absolute Gasteiger partial charge is 0.269 e. The van der Waals surface area contributed by atoms with E-state index in [1.807, 2.05) is 17.1 Å². The van der Waals surface area contributed by atoms with Crippen molar-refractivity contribution in [2.75, 3.05) is 31.1 Å². The summed E-state index contributed by atoms with van der Waals surface area (Å²) in [6.07, 6.45) is 0. The molecule has 25 heavy (non-hydrogen) atoms. The largest absolute Gasteiger partial charge is 0.508 e. The average Bonchev–Trinajstić information content (AvgIpc) is 2.63. The van der Waals surface area contributed by atoms with Gasteiger partial charge >= 0.3 is 0 Å². The van der Waals surface area contributed by atoms with E-state index in [-0.39, 0.29) is 17.3 Å². The van der Waals surface area contributed by atoms with Gasteiger partial charge in [-0.2, -0.15) is 0 Å². The van der Waals surface area contributed by atoms with E-state index >= 15 is 0 Å². The van der Waals surface area contributed by atoms with Crippen LogP contribution in [-0.2, 0) is 0 Å². The first-order valence-electron chi connectivity index (χ1n) is 7.87. The van der Waals surface area contributed by atoms with Crippen LogP contribution in [0.15, 0.2) is 48.5 Å². The number of non-ortho nitro benzene ring substituents is 1. The molecule has 8 heteroatoms. The topological polar surface area (TPSA) is 99.0 Å². The summed E-state index contributed by atoms with van der Waals surface area (Å²) < 4.78 is 0. The quantitative estimate of drug-likeness (QED) is 0.649. The van der Waals surface area contributed by atoms with Crippen molar-refractivity contribution < 1.29 is 14.8 Å². The second-order valence-electron chi connectivity index (χ2n) is 5.74. The lowest BCUT2D eigenvalue weighted by Gasteiger charge is -2.36. The fourth-order valence-electron chi connectivity index (χ4n) is 2.68. The highest BCUT2D eigenvalue weighted by atomic mass is 16.6. The summed E-state index contributed by atoms with van der Waals surface area (Å²) >= 11 is 0. The molecule has 0 aromatic heterocycles. The highest BCUT2D eigenvalue weighted by Gasteiger charge is 2.19. The Morgan fingerprint density at radius 1 is 1.00 bits per heavy atom. The number of amides is 1. The Morgan fingerprint density at radius 2 is 1.60 bits per heavy atom. The van der Waals surface area contributed by atoms with E-state index in [0.29, 0.717) is 18.7 Å². The van der Waals surface area contributed by atoms with Gasteiger partial charge in [-0.1, -0.05) is 0 Å². The zero-order valence-corrected chi connectivity index (χ0v) is 13.5. The number of nitrogens with zero attached hydrogens (tertiary/aromatic N) is 3. The number of nitrogens with one attached hydrogen (secondary N) is 1. The van der Waals surface area contributed by atoms with Crippen LogP contribution < -0.4 is 10.3 Å². The summed E-state index contributed by atoms with van der Waals surface area (Å²) in [4.78, 5) is 24.5. The zero-order valence-electron chi connectivity index (χ0n) is 13.5. The van der Waals surface area contributed by atoms with Crippen LogP contribution in [0.3, 0.4) is 0 Å². The van der Waals surface area contributed by atoms with Crippen LogP contribution in [0.4, 0.5) is 11.4 Å². The lowest BCUT2D eigenvalue weighted by molar-refractivity contribution is -0.384. The molecule has 1 heterocycles. The monoisotopic (exact) mass is 342 g/mol. The normalized spacial score (nSPS) is 15.0. The molecule has 1 saturated heterocycles. The van der Waals surface area contributed by atoms with Crippen LogP contribution in [0.5, 0.6) is 5.75 Å². The Kier molecular flexibility index (Phi) is 4.80. The van der Waals surface area contributed by atoms with Crippen LogP contribution >= 0.6 is 0 Å². The number of aromatic hydroxyl groups is 1. The Morgan fingerprint density at radius 3 is 2.16 bits per heavy atom. The molecule has 1 aliphatic heterocycles. The molecule has 8 nitrogen and oxygen atoms in total. The van der Waals surface area contributed by atoms with Crippen LogP contribution in [0.25, 0.3) is 0 Å². The van der Waals surface area contributed by atoms with E-state index in [1.165, 1.54) is 24.3 Å². The van der Waals surface area contributed by atoms with Gasteiger partial charge in [0.05, 0.1) is 4.92 Å². The molecule has 0 atom stereocenters. The summed E-state index contributed by atoms with van der Waals surface area (Å²) in [6.45, 7) is 2.79. The van der Waals surface area contributed by atoms with Gasteiger partial charge in [-0.05, 0) is 36.4 Å². The zero-order chi connectivity index (χ0) is 17.8. The molecular formula is C17H18N4O4. The molecule has 2 aromatic rings. The lowest BCUT2D eigenvalue weighted by Crippen LogP contribution is -2.53. The van der Waals surface area contributed by atoms with Crippen molar-refractivity contribution >= 4 is 17.3 Å². The first-order chi connectivity index (χ1) is 12.0. The van der Waals surface area contributed by atoms with E-state index in [9.17, 15) is 20.0 Å². The number of nitro groups is 1. The number of phenols is 1. The van der Waals surface area contributed by atoms with E-state index < -0.39 is 4.92 Å². The number of rotatable bonds is 4. The van der Waals surface area contributed by atoms with Crippen molar-refractivity contribution in [3.05, 3.63) is 64.2 Å². The molecule has 0 bridgehead atoms. The van der Waals surface area contributed by atoms with E-state index in [4.69, 9.17) is 0 Å². The maximum atomic E-state index is 12.2. The van der Waals surface area contributed by atoms with Gasteiger partial charge in [0.15, 0.2) is 0 Å². The Balaban J connectivity index is 1.53. The minimum absolute atomic E-state index is 0.0425. The summed E-state index contributed by atoms with van der Waals surface area (Å²) in [5.74, 6) is -0.0503. The van der Waals surface area contributed by atoms with Crippen LogP contribution in [-0.4, -0.2) is 47.1 Å². The molecule has 0 spiro atoms. The fraction of sp³-hybridized carbons (Fsp3) is 0.235. The van der Waals surface area contributed by atoms with Gasteiger partial charge in [0.25, 0.3) is 11.6 Å². The number of anilines is 1. The molecule has 0 radical (unpaired) electrons. The van der Waals surface area contributed by atoms with Crippen molar-refractivity contribution in [3.63, 3.8) is 0 Å². The number of hydrogen-bond acceptors (Lipinski definition) is 6. The Hall–Kier alpha value is -3.13. The predicted molar refractivity (Wildman–Crippen MR) is 92.5 cm³/mol. The second kappa shape index (κ2) is 7.18. The molecule has 1 amide bonds. The third kappa shape index (κ3) is 4.04. The molecule has 1 aliphatic rings. The first-order valence-corrected chi connectivity index (χ1v) is 7.87. The van der Waals surface area contributed by atoms with Gasteiger partial charge in [-0.15, -0.1) is 0 Å². The number of carbonyl (C=O) groups is 1. The SMILES string of the molecule is O=C(NN1CCN(c2ccc(O)cc2)CC1)c1ccc([N+](=O)[O-])cc1. The molecular weight excluding hydrogens is 324 g/mol. The highest BCUT2D eigenvalue weighted by Crippen LogP contribution is 2.19. The molecule has 130 valence electrons. The standard InChI is InChI=1S/C17H18N4O4/c22-16-7-5-14(6-8-16)19-9-11-20(12-10-19)18-17(23)13-1-3-15(4-2-13)21(24)25/h1-8,22H,9-12H2,(H,18,23).